The first-order valence-electron chi connectivity index (χ1n) is 5.22. The lowest BCUT2D eigenvalue weighted by molar-refractivity contribution is 0.0938. The molecule has 1 saturated heterocycles. The van der Waals surface area contributed by atoms with Crippen LogP contribution in [0.1, 0.15) is 26.2 Å². The fourth-order valence-electron chi connectivity index (χ4n) is 1.63. The number of thiocarbonyl (C=S) groups is 1. The quantitative estimate of drug-likeness (QED) is 0.700. The minimum absolute atomic E-state index is 0.186. The van der Waals surface area contributed by atoms with Gasteiger partial charge in [0.25, 0.3) is 0 Å². The van der Waals surface area contributed by atoms with Crippen LogP contribution in [0.25, 0.3) is 0 Å². The third kappa shape index (κ3) is 3.52. The van der Waals surface area contributed by atoms with Crippen LogP contribution in [0.15, 0.2) is 0 Å². The summed E-state index contributed by atoms with van der Waals surface area (Å²) in [6, 6.07) is 0.186. The van der Waals surface area contributed by atoms with E-state index in [4.69, 9.17) is 22.7 Å². The molecule has 0 spiro atoms. The summed E-state index contributed by atoms with van der Waals surface area (Å²) in [7, 11) is 2.05. The van der Waals surface area contributed by atoms with Crippen LogP contribution in [0.5, 0.6) is 0 Å². The van der Waals surface area contributed by atoms with Crippen LogP contribution in [0, 0.1) is 0 Å². The van der Waals surface area contributed by atoms with Crippen molar-refractivity contribution in [3.63, 3.8) is 0 Å². The van der Waals surface area contributed by atoms with Crippen molar-refractivity contribution in [1.29, 1.82) is 0 Å². The average Bonchev–Trinajstić information content (AvgIpc) is 2.65. The van der Waals surface area contributed by atoms with E-state index >= 15 is 0 Å². The number of likely N-dealkylation sites (N-methyl/N-ethyl adjacent to an activating group) is 1. The van der Waals surface area contributed by atoms with Crippen LogP contribution in [0.2, 0.25) is 0 Å². The average molecular weight is 216 g/mol. The smallest absolute Gasteiger partial charge is 0.0899 e. The molecule has 0 radical (unpaired) electrons. The Morgan fingerprint density at radius 2 is 2.43 bits per heavy atom. The summed E-state index contributed by atoms with van der Waals surface area (Å²) in [5, 5.41) is 0. The molecule has 3 nitrogen and oxygen atoms in total. The van der Waals surface area contributed by atoms with Crippen molar-refractivity contribution in [2.24, 2.45) is 5.73 Å². The molecule has 0 aromatic heterocycles. The van der Waals surface area contributed by atoms with E-state index in [9.17, 15) is 0 Å². The molecule has 1 rings (SSSR count). The van der Waals surface area contributed by atoms with Gasteiger partial charge >= 0.3 is 0 Å². The summed E-state index contributed by atoms with van der Waals surface area (Å²) in [4.78, 5) is 2.75. The lowest BCUT2D eigenvalue weighted by Crippen LogP contribution is -2.40. The second-order valence-corrected chi connectivity index (χ2v) is 4.45. The maximum absolute atomic E-state index is 5.58. The van der Waals surface area contributed by atoms with Crippen molar-refractivity contribution in [2.75, 3.05) is 20.2 Å². The largest absolute Gasteiger partial charge is 0.392 e. The normalized spacial score (nSPS) is 24.1. The number of rotatable bonds is 5. The maximum Gasteiger partial charge on any atom is 0.0899 e. The van der Waals surface area contributed by atoms with Crippen molar-refractivity contribution >= 4 is 17.2 Å². The molecule has 2 atom stereocenters. The first-order valence-corrected chi connectivity index (χ1v) is 5.63. The van der Waals surface area contributed by atoms with E-state index < -0.39 is 0 Å². The predicted octanol–water partition coefficient (Wildman–Crippen LogP) is 1.16. The molecule has 0 amide bonds. The van der Waals surface area contributed by atoms with Gasteiger partial charge in [-0.25, -0.2) is 0 Å². The maximum atomic E-state index is 5.58. The highest BCUT2D eigenvalue weighted by Crippen LogP contribution is 2.15. The summed E-state index contributed by atoms with van der Waals surface area (Å²) in [5.74, 6) is 0. The molecule has 1 aliphatic heterocycles. The molecule has 1 fully saturated rings. The summed E-state index contributed by atoms with van der Waals surface area (Å²) < 4.78 is 5.55. The second kappa shape index (κ2) is 5.63. The van der Waals surface area contributed by atoms with Gasteiger partial charge in [-0.1, -0.05) is 12.2 Å². The molecule has 0 bridgehead atoms. The highest BCUT2D eigenvalue weighted by molar-refractivity contribution is 7.80. The van der Waals surface area contributed by atoms with Crippen molar-refractivity contribution in [1.82, 2.24) is 4.90 Å². The summed E-state index contributed by atoms with van der Waals surface area (Å²) in [6.07, 6.45) is 3.95. The standard InChI is InChI=1S/C10H20N2OS/c1-8(10(11)14)12(2)6-5-9-4-3-7-13-9/h8-9H,3-7H2,1-2H3,(H2,11,14). The zero-order valence-electron chi connectivity index (χ0n) is 9.03. The van der Waals surface area contributed by atoms with Gasteiger partial charge in [0.15, 0.2) is 0 Å². The highest BCUT2D eigenvalue weighted by atomic mass is 32.1. The zero-order chi connectivity index (χ0) is 10.6. The van der Waals surface area contributed by atoms with E-state index in [1.807, 2.05) is 6.92 Å². The molecule has 82 valence electrons. The molecule has 0 aliphatic carbocycles. The van der Waals surface area contributed by atoms with Crippen LogP contribution < -0.4 is 5.73 Å². The van der Waals surface area contributed by atoms with Crippen molar-refractivity contribution in [3.05, 3.63) is 0 Å². The third-order valence-electron chi connectivity index (χ3n) is 2.90. The summed E-state index contributed by atoms with van der Waals surface area (Å²) in [6.45, 7) is 3.97. The summed E-state index contributed by atoms with van der Waals surface area (Å²) in [5.41, 5.74) is 5.58. The third-order valence-corrected chi connectivity index (χ3v) is 3.24. The van der Waals surface area contributed by atoms with Gasteiger partial charge in [-0.15, -0.1) is 0 Å². The molecular weight excluding hydrogens is 196 g/mol. The fourth-order valence-corrected chi connectivity index (χ4v) is 1.81. The number of nitrogens with two attached hydrogens (primary N) is 1. The Morgan fingerprint density at radius 3 is 2.93 bits per heavy atom. The number of hydrogen-bond donors (Lipinski definition) is 1. The van der Waals surface area contributed by atoms with Crippen LogP contribution >= 0.6 is 12.2 Å². The minimum atomic E-state index is 0.186. The van der Waals surface area contributed by atoms with E-state index in [-0.39, 0.29) is 6.04 Å². The molecule has 0 aromatic rings. The Bertz CT molecular complexity index is 193. The van der Waals surface area contributed by atoms with E-state index in [0.717, 1.165) is 19.6 Å². The molecule has 1 heterocycles. The molecule has 0 saturated carbocycles. The lowest BCUT2D eigenvalue weighted by Gasteiger charge is -2.24. The van der Waals surface area contributed by atoms with Gasteiger partial charge in [-0.2, -0.15) is 0 Å². The van der Waals surface area contributed by atoms with Gasteiger partial charge in [0.05, 0.1) is 17.1 Å². The van der Waals surface area contributed by atoms with E-state index in [2.05, 4.69) is 11.9 Å². The van der Waals surface area contributed by atoms with Gasteiger partial charge in [-0.3, -0.25) is 4.90 Å². The molecule has 14 heavy (non-hydrogen) atoms. The molecule has 2 N–H and O–H groups in total. The molecule has 2 unspecified atom stereocenters. The number of ether oxygens (including phenoxy) is 1. The number of nitrogens with zero attached hydrogens (tertiary/aromatic N) is 1. The Morgan fingerprint density at radius 1 is 1.71 bits per heavy atom. The highest BCUT2D eigenvalue weighted by Gasteiger charge is 2.18. The van der Waals surface area contributed by atoms with Gasteiger partial charge in [-0.05, 0) is 33.2 Å². The topological polar surface area (TPSA) is 38.5 Å². The van der Waals surface area contributed by atoms with E-state index in [0.29, 0.717) is 11.1 Å². The SMILES string of the molecule is CC(C(N)=S)N(C)CCC1CCCO1. The van der Waals surface area contributed by atoms with Gasteiger partial charge in [0.1, 0.15) is 0 Å². The van der Waals surface area contributed by atoms with Gasteiger partial charge in [0.2, 0.25) is 0 Å². The Hall–Kier alpha value is -0.190. The minimum Gasteiger partial charge on any atom is -0.392 e. The Labute approximate surface area is 91.6 Å². The zero-order valence-corrected chi connectivity index (χ0v) is 9.85. The van der Waals surface area contributed by atoms with Gasteiger partial charge in [0, 0.05) is 13.2 Å². The molecular formula is C10H20N2OS. The van der Waals surface area contributed by atoms with E-state index in [1.165, 1.54) is 12.8 Å². The van der Waals surface area contributed by atoms with Crippen LogP contribution in [-0.4, -0.2) is 42.2 Å². The van der Waals surface area contributed by atoms with E-state index in [1.54, 1.807) is 0 Å². The first-order chi connectivity index (χ1) is 6.61. The van der Waals surface area contributed by atoms with Crippen molar-refractivity contribution in [3.8, 4) is 0 Å². The van der Waals surface area contributed by atoms with Crippen LogP contribution in [0.4, 0.5) is 0 Å². The fraction of sp³-hybridized carbons (Fsp3) is 0.900. The van der Waals surface area contributed by atoms with Crippen molar-refractivity contribution in [2.45, 2.75) is 38.3 Å². The monoisotopic (exact) mass is 216 g/mol. The Kier molecular flexibility index (Phi) is 4.78. The second-order valence-electron chi connectivity index (χ2n) is 3.98. The Balaban J connectivity index is 2.19. The predicted molar refractivity (Wildman–Crippen MR) is 62.5 cm³/mol. The lowest BCUT2D eigenvalue weighted by atomic mass is 10.1. The molecule has 0 aromatic carbocycles. The van der Waals surface area contributed by atoms with Crippen molar-refractivity contribution < 1.29 is 4.74 Å². The van der Waals surface area contributed by atoms with Crippen LogP contribution in [-0.2, 0) is 4.74 Å². The van der Waals surface area contributed by atoms with Crippen LogP contribution in [0.3, 0.4) is 0 Å². The molecule has 1 aliphatic rings. The first kappa shape index (κ1) is 11.9. The molecule has 4 heteroatoms. The number of hydrogen-bond acceptors (Lipinski definition) is 3. The summed E-state index contributed by atoms with van der Waals surface area (Å²) >= 11 is 4.95. The van der Waals surface area contributed by atoms with Gasteiger partial charge < -0.3 is 10.5 Å².